The number of benzene rings is 2. The zero-order valence-corrected chi connectivity index (χ0v) is 11.8. The molecule has 0 bridgehead atoms. The molecule has 0 amide bonds. The number of phenolic OH excluding ortho intramolecular Hbond substituents is 2. The minimum atomic E-state index is -0.493. The maximum Gasteiger partial charge on any atom is 0.313 e. The summed E-state index contributed by atoms with van der Waals surface area (Å²) < 4.78 is 5.25. The Bertz CT molecular complexity index is 607. The summed E-state index contributed by atoms with van der Waals surface area (Å²) in [4.78, 5) is 12.0. The molecular weight excluding hydrogens is 268 g/mol. The number of hydrogen-bond acceptors (Lipinski definition) is 4. The largest absolute Gasteiger partial charge is 0.504 e. The highest BCUT2D eigenvalue weighted by Gasteiger charge is 2.18. The van der Waals surface area contributed by atoms with Crippen molar-refractivity contribution >= 4 is 5.97 Å². The van der Waals surface area contributed by atoms with Crippen LogP contribution in [0.25, 0.3) is 0 Å². The number of phenols is 2. The lowest BCUT2D eigenvalue weighted by Gasteiger charge is -2.12. The lowest BCUT2D eigenvalue weighted by molar-refractivity contribution is -0.144. The van der Waals surface area contributed by atoms with Crippen LogP contribution in [-0.4, -0.2) is 22.8 Å². The number of esters is 1. The van der Waals surface area contributed by atoms with Crippen LogP contribution in [0.3, 0.4) is 0 Å². The standard InChI is InChI=1S/C17H18O4/c1-12(14-7-8-15(18)16(19)11-14)17(20)21-10-9-13-5-3-2-4-6-13/h2-8,11-12,18-19H,9-10H2,1H3. The van der Waals surface area contributed by atoms with Gasteiger partial charge in [0.15, 0.2) is 11.5 Å². The molecule has 110 valence electrons. The van der Waals surface area contributed by atoms with Crippen molar-refractivity contribution in [1.29, 1.82) is 0 Å². The summed E-state index contributed by atoms with van der Waals surface area (Å²) in [5, 5.41) is 18.7. The molecule has 4 heteroatoms. The Kier molecular flexibility index (Phi) is 4.82. The molecule has 0 saturated carbocycles. The van der Waals surface area contributed by atoms with Gasteiger partial charge in [-0.25, -0.2) is 0 Å². The fraction of sp³-hybridized carbons (Fsp3) is 0.235. The molecule has 1 atom stereocenters. The molecule has 0 saturated heterocycles. The molecule has 0 heterocycles. The molecule has 0 aliphatic carbocycles. The topological polar surface area (TPSA) is 66.8 Å². The van der Waals surface area contributed by atoms with Crippen molar-refractivity contribution in [1.82, 2.24) is 0 Å². The SMILES string of the molecule is CC(C(=O)OCCc1ccccc1)c1ccc(O)c(O)c1. The van der Waals surface area contributed by atoms with Gasteiger partial charge in [0, 0.05) is 6.42 Å². The fourth-order valence-electron chi connectivity index (χ4n) is 1.99. The molecule has 0 spiro atoms. The minimum absolute atomic E-state index is 0.205. The Morgan fingerprint density at radius 2 is 1.81 bits per heavy atom. The Hall–Kier alpha value is -2.49. The zero-order valence-electron chi connectivity index (χ0n) is 11.8. The van der Waals surface area contributed by atoms with E-state index in [4.69, 9.17) is 4.74 Å². The molecule has 0 aromatic heterocycles. The van der Waals surface area contributed by atoms with Crippen molar-refractivity contribution in [2.24, 2.45) is 0 Å². The number of carbonyl (C=O) groups is 1. The van der Waals surface area contributed by atoms with Crippen LogP contribution in [0, 0.1) is 0 Å². The van der Waals surface area contributed by atoms with Gasteiger partial charge < -0.3 is 14.9 Å². The van der Waals surface area contributed by atoms with Crippen molar-refractivity contribution in [3.8, 4) is 11.5 Å². The van der Waals surface area contributed by atoms with Gasteiger partial charge in [-0.05, 0) is 30.2 Å². The lowest BCUT2D eigenvalue weighted by atomic mass is 10.0. The average molecular weight is 286 g/mol. The van der Waals surface area contributed by atoms with Gasteiger partial charge >= 0.3 is 5.97 Å². The van der Waals surface area contributed by atoms with Crippen molar-refractivity contribution in [2.45, 2.75) is 19.3 Å². The molecule has 4 nitrogen and oxygen atoms in total. The van der Waals surface area contributed by atoms with E-state index in [1.165, 1.54) is 12.1 Å². The summed E-state index contributed by atoms with van der Waals surface area (Å²) in [6, 6.07) is 14.1. The first-order valence-electron chi connectivity index (χ1n) is 6.80. The molecule has 0 aliphatic rings. The van der Waals surface area contributed by atoms with Crippen LogP contribution >= 0.6 is 0 Å². The van der Waals surface area contributed by atoms with E-state index >= 15 is 0 Å². The molecule has 2 aromatic rings. The lowest BCUT2D eigenvalue weighted by Crippen LogP contribution is -2.14. The van der Waals surface area contributed by atoms with E-state index in [-0.39, 0.29) is 17.5 Å². The quantitative estimate of drug-likeness (QED) is 0.655. The Morgan fingerprint density at radius 3 is 2.48 bits per heavy atom. The molecule has 1 unspecified atom stereocenters. The van der Waals surface area contributed by atoms with Crippen LogP contribution < -0.4 is 0 Å². The second-order valence-corrected chi connectivity index (χ2v) is 4.87. The molecule has 2 rings (SSSR count). The first-order chi connectivity index (χ1) is 10.1. The summed E-state index contributed by atoms with van der Waals surface area (Å²) in [6.07, 6.45) is 0.667. The number of ether oxygens (including phenoxy) is 1. The van der Waals surface area contributed by atoms with Crippen molar-refractivity contribution in [2.75, 3.05) is 6.61 Å². The smallest absolute Gasteiger partial charge is 0.313 e. The third kappa shape index (κ3) is 3.99. The molecule has 0 radical (unpaired) electrons. The van der Waals surface area contributed by atoms with Crippen LogP contribution in [0.15, 0.2) is 48.5 Å². The molecule has 2 N–H and O–H groups in total. The maximum absolute atomic E-state index is 12.0. The Labute approximate surface area is 123 Å². The van der Waals surface area contributed by atoms with E-state index in [9.17, 15) is 15.0 Å². The normalized spacial score (nSPS) is 11.9. The highest BCUT2D eigenvalue weighted by Crippen LogP contribution is 2.28. The van der Waals surface area contributed by atoms with E-state index in [1.54, 1.807) is 13.0 Å². The third-order valence-corrected chi connectivity index (χ3v) is 3.33. The van der Waals surface area contributed by atoms with Gasteiger partial charge in [-0.1, -0.05) is 36.4 Å². The van der Waals surface area contributed by atoms with Crippen LogP contribution in [0.2, 0.25) is 0 Å². The fourth-order valence-corrected chi connectivity index (χ4v) is 1.99. The Morgan fingerprint density at radius 1 is 1.10 bits per heavy atom. The van der Waals surface area contributed by atoms with Gasteiger partial charge in [0.2, 0.25) is 0 Å². The second kappa shape index (κ2) is 6.79. The van der Waals surface area contributed by atoms with Gasteiger partial charge in [-0.2, -0.15) is 0 Å². The van der Waals surface area contributed by atoms with E-state index in [0.717, 1.165) is 5.56 Å². The van der Waals surface area contributed by atoms with Gasteiger partial charge in [-0.3, -0.25) is 4.79 Å². The Balaban J connectivity index is 1.89. The molecule has 2 aromatic carbocycles. The van der Waals surface area contributed by atoms with E-state index in [2.05, 4.69) is 0 Å². The number of carbonyl (C=O) groups excluding carboxylic acids is 1. The second-order valence-electron chi connectivity index (χ2n) is 4.87. The summed E-state index contributed by atoms with van der Waals surface area (Å²) in [7, 11) is 0. The van der Waals surface area contributed by atoms with Crippen LogP contribution in [0.1, 0.15) is 24.0 Å². The number of rotatable bonds is 5. The summed E-state index contributed by atoms with van der Waals surface area (Å²) >= 11 is 0. The van der Waals surface area contributed by atoms with Crippen molar-refractivity contribution in [3.63, 3.8) is 0 Å². The monoisotopic (exact) mass is 286 g/mol. The van der Waals surface area contributed by atoms with E-state index < -0.39 is 5.92 Å². The van der Waals surface area contributed by atoms with Crippen molar-refractivity contribution in [3.05, 3.63) is 59.7 Å². The summed E-state index contributed by atoms with van der Waals surface area (Å²) in [6.45, 7) is 2.02. The van der Waals surface area contributed by atoms with E-state index in [1.807, 2.05) is 30.3 Å². The first kappa shape index (κ1) is 14.9. The highest BCUT2D eigenvalue weighted by molar-refractivity contribution is 5.78. The van der Waals surface area contributed by atoms with Gasteiger partial charge in [0.1, 0.15) is 0 Å². The zero-order chi connectivity index (χ0) is 15.2. The third-order valence-electron chi connectivity index (χ3n) is 3.33. The van der Waals surface area contributed by atoms with E-state index in [0.29, 0.717) is 18.6 Å². The average Bonchev–Trinajstić information content (AvgIpc) is 2.50. The number of hydrogen-bond donors (Lipinski definition) is 2. The predicted octanol–water partition coefficient (Wildman–Crippen LogP) is 2.99. The van der Waals surface area contributed by atoms with Crippen LogP contribution in [0.4, 0.5) is 0 Å². The summed E-state index contributed by atoms with van der Waals surface area (Å²) in [5.41, 5.74) is 1.72. The first-order valence-corrected chi connectivity index (χ1v) is 6.80. The molecule has 0 fully saturated rings. The number of aromatic hydroxyl groups is 2. The molecule has 21 heavy (non-hydrogen) atoms. The van der Waals surface area contributed by atoms with Gasteiger partial charge in [-0.15, -0.1) is 0 Å². The highest BCUT2D eigenvalue weighted by atomic mass is 16.5. The minimum Gasteiger partial charge on any atom is -0.504 e. The van der Waals surface area contributed by atoms with Crippen LogP contribution in [-0.2, 0) is 16.0 Å². The predicted molar refractivity (Wildman–Crippen MR) is 79.3 cm³/mol. The summed E-state index contributed by atoms with van der Waals surface area (Å²) in [5.74, 6) is -1.29. The van der Waals surface area contributed by atoms with Gasteiger partial charge in [0.05, 0.1) is 12.5 Å². The van der Waals surface area contributed by atoms with Crippen LogP contribution in [0.5, 0.6) is 11.5 Å². The van der Waals surface area contributed by atoms with Gasteiger partial charge in [0.25, 0.3) is 0 Å². The maximum atomic E-state index is 12.0. The molecule has 0 aliphatic heterocycles. The van der Waals surface area contributed by atoms with Crippen molar-refractivity contribution < 1.29 is 19.7 Å². The molecular formula is C17H18O4.